The number of anilines is 1. The number of hydrogen-bond donors (Lipinski definition) is 4. The third-order valence-corrected chi connectivity index (χ3v) is 5.03. The number of benzene rings is 1. The molecule has 0 radical (unpaired) electrons. The van der Waals surface area contributed by atoms with Crippen molar-refractivity contribution >= 4 is 16.7 Å². The number of ether oxygens (including phenoxy) is 1. The van der Waals surface area contributed by atoms with Crippen LogP contribution in [0.25, 0.3) is 22.3 Å². The Morgan fingerprint density at radius 2 is 1.96 bits per heavy atom. The summed E-state index contributed by atoms with van der Waals surface area (Å²) in [4.78, 5) is 12.3. The van der Waals surface area contributed by atoms with Gasteiger partial charge < -0.3 is 34.2 Å². The fourth-order valence-electron chi connectivity index (χ4n) is 3.50. The summed E-state index contributed by atoms with van der Waals surface area (Å²) in [6.07, 6.45) is -2.16. The van der Waals surface area contributed by atoms with Gasteiger partial charge in [0.15, 0.2) is 0 Å². The maximum atomic E-state index is 12.3. The summed E-state index contributed by atoms with van der Waals surface area (Å²) in [7, 11) is 0. The van der Waals surface area contributed by atoms with Gasteiger partial charge in [0, 0.05) is 17.1 Å². The van der Waals surface area contributed by atoms with E-state index in [4.69, 9.17) is 13.6 Å². The molecular weight excluding hydrogens is 366 g/mol. The Morgan fingerprint density at radius 1 is 1.14 bits per heavy atom. The molecule has 8 heteroatoms. The maximum Gasteiger partial charge on any atom is 0.347 e. The summed E-state index contributed by atoms with van der Waals surface area (Å²) >= 11 is 0. The third-order valence-electron chi connectivity index (χ3n) is 5.03. The molecule has 3 heterocycles. The summed E-state index contributed by atoms with van der Waals surface area (Å²) in [5, 5.41) is 33.5. The van der Waals surface area contributed by atoms with E-state index in [1.807, 2.05) is 0 Å². The minimum atomic E-state index is -1.21. The van der Waals surface area contributed by atoms with Gasteiger partial charge in [-0.1, -0.05) is 0 Å². The van der Waals surface area contributed by atoms with Gasteiger partial charge in [-0.3, -0.25) is 0 Å². The molecule has 1 saturated heterocycles. The van der Waals surface area contributed by atoms with Crippen molar-refractivity contribution in [3.63, 3.8) is 0 Å². The van der Waals surface area contributed by atoms with Gasteiger partial charge in [0.2, 0.25) is 0 Å². The largest absolute Gasteiger partial charge is 0.464 e. The number of hydrogen-bond acceptors (Lipinski definition) is 8. The van der Waals surface area contributed by atoms with Crippen molar-refractivity contribution < 1.29 is 28.9 Å². The SMILES string of the molecule is CC1OC(CO)C(O)C(O)C1Nc1ccc2cc(-c3ccco3)c(=O)oc2c1. The lowest BCUT2D eigenvalue weighted by Crippen LogP contribution is -2.60. The lowest BCUT2D eigenvalue weighted by Gasteiger charge is -2.41. The molecule has 5 atom stereocenters. The second-order valence-corrected chi connectivity index (χ2v) is 6.89. The average Bonchev–Trinajstić information content (AvgIpc) is 3.22. The molecular formula is C20H21NO7. The van der Waals surface area contributed by atoms with Crippen LogP contribution in [0.5, 0.6) is 0 Å². The number of aliphatic hydroxyl groups excluding tert-OH is 3. The second kappa shape index (κ2) is 7.40. The smallest absolute Gasteiger partial charge is 0.347 e. The van der Waals surface area contributed by atoms with Crippen LogP contribution < -0.4 is 10.9 Å². The molecule has 5 unspecified atom stereocenters. The van der Waals surface area contributed by atoms with Gasteiger partial charge in [0.25, 0.3) is 0 Å². The highest BCUT2D eigenvalue weighted by atomic mass is 16.5. The first-order valence-electron chi connectivity index (χ1n) is 8.98. The summed E-state index contributed by atoms with van der Waals surface area (Å²) in [6, 6.07) is 9.67. The highest BCUT2D eigenvalue weighted by molar-refractivity contribution is 5.83. The van der Waals surface area contributed by atoms with Crippen molar-refractivity contribution in [2.24, 2.45) is 0 Å². The van der Waals surface area contributed by atoms with Crippen molar-refractivity contribution in [1.29, 1.82) is 0 Å². The summed E-state index contributed by atoms with van der Waals surface area (Å²) in [5.41, 5.74) is 0.782. The maximum absolute atomic E-state index is 12.3. The Morgan fingerprint density at radius 3 is 2.68 bits per heavy atom. The number of rotatable bonds is 4. The molecule has 0 spiro atoms. The molecule has 2 aromatic heterocycles. The van der Waals surface area contributed by atoms with Crippen LogP contribution in [0.2, 0.25) is 0 Å². The van der Waals surface area contributed by atoms with Crippen LogP contribution in [0.4, 0.5) is 5.69 Å². The zero-order valence-corrected chi connectivity index (χ0v) is 15.1. The molecule has 1 aliphatic heterocycles. The highest BCUT2D eigenvalue weighted by Gasteiger charge is 2.42. The first kappa shape index (κ1) is 18.7. The first-order chi connectivity index (χ1) is 13.5. The predicted molar refractivity (Wildman–Crippen MR) is 101 cm³/mol. The zero-order valence-electron chi connectivity index (χ0n) is 15.1. The van der Waals surface area contributed by atoms with Crippen molar-refractivity contribution in [3.8, 4) is 11.3 Å². The lowest BCUT2D eigenvalue weighted by atomic mass is 9.93. The van der Waals surface area contributed by atoms with E-state index in [0.29, 0.717) is 28.0 Å². The number of fused-ring (bicyclic) bond motifs is 1. The van der Waals surface area contributed by atoms with Crippen molar-refractivity contribution in [1.82, 2.24) is 0 Å². The molecule has 0 amide bonds. The Hall–Kier alpha value is -2.65. The number of nitrogens with one attached hydrogen (secondary N) is 1. The molecule has 0 bridgehead atoms. The Kier molecular flexibility index (Phi) is 4.94. The van der Waals surface area contributed by atoms with E-state index in [9.17, 15) is 20.1 Å². The topological polar surface area (TPSA) is 125 Å². The number of aliphatic hydroxyl groups is 3. The van der Waals surface area contributed by atoms with Crippen molar-refractivity contribution in [2.45, 2.75) is 37.4 Å². The monoisotopic (exact) mass is 387 g/mol. The average molecular weight is 387 g/mol. The minimum Gasteiger partial charge on any atom is -0.464 e. The molecule has 1 aromatic carbocycles. The standard InChI is InChI=1S/C20H21NO7/c1-10-17(19(24)18(23)16(9-22)27-10)21-12-5-4-11-7-13(14-3-2-6-26-14)20(25)28-15(11)8-12/h2-8,10,16-19,21-24H,9H2,1H3. The van der Waals surface area contributed by atoms with Gasteiger partial charge in [0.1, 0.15) is 35.2 Å². The fraction of sp³-hybridized carbons (Fsp3) is 0.350. The Balaban J connectivity index is 1.62. The van der Waals surface area contributed by atoms with Crippen molar-refractivity contribution in [3.05, 3.63) is 53.1 Å². The molecule has 148 valence electrons. The van der Waals surface area contributed by atoms with E-state index in [1.165, 1.54) is 6.26 Å². The first-order valence-corrected chi connectivity index (χ1v) is 8.98. The number of furan rings is 1. The molecule has 0 saturated carbocycles. The Labute approximate surface area is 160 Å². The van der Waals surface area contributed by atoms with Gasteiger partial charge in [-0.2, -0.15) is 0 Å². The van der Waals surface area contributed by atoms with Gasteiger partial charge in [0.05, 0.1) is 25.0 Å². The fourth-order valence-corrected chi connectivity index (χ4v) is 3.50. The molecule has 3 aromatic rings. The molecule has 1 aliphatic rings. The van der Waals surface area contributed by atoms with Crippen LogP contribution in [0.1, 0.15) is 6.92 Å². The highest BCUT2D eigenvalue weighted by Crippen LogP contribution is 2.27. The van der Waals surface area contributed by atoms with E-state index in [2.05, 4.69) is 5.32 Å². The van der Waals surface area contributed by atoms with Crippen LogP contribution in [-0.2, 0) is 4.74 Å². The van der Waals surface area contributed by atoms with E-state index < -0.39 is 36.1 Å². The van der Waals surface area contributed by atoms with Crippen LogP contribution in [-0.4, -0.2) is 52.4 Å². The van der Waals surface area contributed by atoms with Crippen LogP contribution in [0.3, 0.4) is 0 Å². The normalized spacial score (nSPS) is 27.8. The van der Waals surface area contributed by atoms with Gasteiger partial charge in [-0.25, -0.2) is 4.79 Å². The van der Waals surface area contributed by atoms with Crippen molar-refractivity contribution in [2.75, 3.05) is 11.9 Å². The lowest BCUT2D eigenvalue weighted by molar-refractivity contribution is -0.180. The zero-order chi connectivity index (χ0) is 19.8. The molecule has 0 aliphatic carbocycles. The summed E-state index contributed by atoms with van der Waals surface area (Å²) < 4.78 is 16.3. The van der Waals surface area contributed by atoms with E-state index >= 15 is 0 Å². The van der Waals surface area contributed by atoms with Gasteiger partial charge in [-0.15, -0.1) is 0 Å². The van der Waals surface area contributed by atoms with Gasteiger partial charge >= 0.3 is 5.63 Å². The molecule has 8 nitrogen and oxygen atoms in total. The van der Waals surface area contributed by atoms with Crippen LogP contribution >= 0.6 is 0 Å². The van der Waals surface area contributed by atoms with E-state index in [0.717, 1.165) is 0 Å². The van der Waals surface area contributed by atoms with Gasteiger partial charge in [-0.05, 0) is 37.3 Å². The predicted octanol–water partition coefficient (Wildman–Crippen LogP) is 1.33. The van der Waals surface area contributed by atoms with Crippen LogP contribution in [0.15, 0.2) is 56.3 Å². The van der Waals surface area contributed by atoms with Crippen LogP contribution in [0, 0.1) is 0 Å². The second-order valence-electron chi connectivity index (χ2n) is 6.89. The molecule has 1 fully saturated rings. The minimum absolute atomic E-state index is 0.334. The molecule has 4 rings (SSSR count). The van der Waals surface area contributed by atoms with E-state index in [1.54, 1.807) is 43.3 Å². The van der Waals surface area contributed by atoms with E-state index in [-0.39, 0.29) is 6.61 Å². The third kappa shape index (κ3) is 3.31. The Bertz CT molecular complexity index is 1010. The molecule has 28 heavy (non-hydrogen) atoms. The summed E-state index contributed by atoms with van der Waals surface area (Å²) in [6.45, 7) is 1.36. The quantitative estimate of drug-likeness (QED) is 0.494. The summed E-state index contributed by atoms with van der Waals surface area (Å²) in [5.74, 6) is 0.432. The molecule has 4 N–H and O–H groups in total.